The summed E-state index contributed by atoms with van der Waals surface area (Å²) in [6, 6.07) is 0. The van der Waals surface area contributed by atoms with Crippen LogP contribution >= 0.6 is 11.8 Å². The maximum absolute atomic E-state index is 12.6. The Morgan fingerprint density at radius 3 is 2.66 bits per heavy atom. The topological polar surface area (TPSA) is 114 Å². The predicted octanol–water partition coefficient (Wildman–Crippen LogP) is 1.50. The average molecular weight is 420 g/mol. The van der Waals surface area contributed by atoms with Gasteiger partial charge in [-0.25, -0.2) is 4.79 Å². The van der Waals surface area contributed by atoms with Gasteiger partial charge >= 0.3 is 5.69 Å². The number of aromatic amines is 1. The van der Waals surface area contributed by atoms with Gasteiger partial charge in [0.1, 0.15) is 0 Å². The molecule has 1 saturated heterocycles. The van der Waals surface area contributed by atoms with Crippen molar-refractivity contribution in [3.63, 3.8) is 0 Å². The zero-order valence-corrected chi connectivity index (χ0v) is 17.3. The molecule has 0 spiro atoms. The number of nitrogens with zero attached hydrogens (tertiary/aromatic N) is 4. The highest BCUT2D eigenvalue weighted by Crippen LogP contribution is 2.19. The van der Waals surface area contributed by atoms with Crippen molar-refractivity contribution in [3.8, 4) is 0 Å². The monoisotopic (exact) mass is 419 g/mol. The Balaban J connectivity index is 1.65. The molecular formula is C19H25N5O4S. The highest BCUT2D eigenvalue weighted by Gasteiger charge is 2.18. The second-order valence-corrected chi connectivity index (χ2v) is 7.89. The van der Waals surface area contributed by atoms with Gasteiger partial charge in [0.2, 0.25) is 11.8 Å². The molecule has 1 N–H and O–H groups in total. The fourth-order valence-corrected chi connectivity index (χ4v) is 3.96. The lowest BCUT2D eigenvalue weighted by atomic mass is 10.1. The van der Waals surface area contributed by atoms with Gasteiger partial charge in [-0.15, -0.1) is 16.8 Å². The summed E-state index contributed by atoms with van der Waals surface area (Å²) in [6.45, 7) is 6.94. The van der Waals surface area contributed by atoms with Gasteiger partial charge in [-0.2, -0.15) is 0 Å². The summed E-state index contributed by atoms with van der Waals surface area (Å²) in [5.74, 6) is 0.568. The van der Waals surface area contributed by atoms with Crippen LogP contribution in [0.5, 0.6) is 0 Å². The molecule has 29 heavy (non-hydrogen) atoms. The highest BCUT2D eigenvalue weighted by atomic mass is 32.2. The second kappa shape index (κ2) is 9.73. The first-order valence-corrected chi connectivity index (χ1v) is 10.6. The number of aryl methyl sites for hydroxylation is 1. The van der Waals surface area contributed by atoms with Gasteiger partial charge in [-0.3, -0.25) is 14.2 Å². The molecule has 1 aliphatic rings. The quantitative estimate of drug-likeness (QED) is 0.534. The summed E-state index contributed by atoms with van der Waals surface area (Å²) < 4.78 is 6.67. The molecule has 3 rings (SSSR count). The third kappa shape index (κ3) is 5.26. The number of hydrogen-bond donors (Lipinski definition) is 1. The van der Waals surface area contributed by atoms with E-state index in [4.69, 9.17) is 4.42 Å². The van der Waals surface area contributed by atoms with Crippen LogP contribution in [0.4, 0.5) is 0 Å². The maximum Gasteiger partial charge on any atom is 0.328 e. The number of H-pyrrole nitrogens is 1. The number of rotatable bonds is 7. The third-order valence-corrected chi connectivity index (χ3v) is 5.66. The van der Waals surface area contributed by atoms with Crippen molar-refractivity contribution in [2.45, 2.75) is 50.8 Å². The van der Waals surface area contributed by atoms with E-state index in [2.05, 4.69) is 21.8 Å². The van der Waals surface area contributed by atoms with Gasteiger partial charge in [0.25, 0.3) is 10.8 Å². The van der Waals surface area contributed by atoms with Gasteiger partial charge in [0.05, 0.1) is 12.2 Å². The van der Waals surface area contributed by atoms with Crippen molar-refractivity contribution >= 4 is 17.7 Å². The van der Waals surface area contributed by atoms with Crippen LogP contribution in [0.3, 0.4) is 0 Å². The molecular weight excluding hydrogens is 394 g/mol. The molecule has 0 aromatic carbocycles. The summed E-state index contributed by atoms with van der Waals surface area (Å²) in [7, 11) is 0. The van der Waals surface area contributed by atoms with Crippen molar-refractivity contribution < 1.29 is 9.21 Å². The first-order chi connectivity index (χ1) is 14.0. The fourth-order valence-electron chi connectivity index (χ4n) is 3.28. The molecule has 2 aromatic rings. The Bertz CT molecular complexity index is 985. The Morgan fingerprint density at radius 2 is 1.97 bits per heavy atom. The maximum atomic E-state index is 12.6. The molecule has 10 heteroatoms. The summed E-state index contributed by atoms with van der Waals surface area (Å²) >= 11 is 1.20. The lowest BCUT2D eigenvalue weighted by molar-refractivity contribution is -0.128. The summed E-state index contributed by atoms with van der Waals surface area (Å²) in [6.07, 6.45) is 6.02. The van der Waals surface area contributed by atoms with E-state index in [1.54, 1.807) is 6.92 Å². The van der Waals surface area contributed by atoms with Gasteiger partial charge < -0.3 is 14.3 Å². The van der Waals surface area contributed by atoms with E-state index in [-0.39, 0.29) is 35.7 Å². The summed E-state index contributed by atoms with van der Waals surface area (Å²) in [5.41, 5.74) is -0.0452. The molecule has 156 valence electrons. The van der Waals surface area contributed by atoms with Gasteiger partial charge in [-0.05, 0) is 19.8 Å². The second-order valence-electron chi connectivity index (χ2n) is 6.96. The molecule has 2 aromatic heterocycles. The van der Waals surface area contributed by atoms with E-state index in [1.165, 1.54) is 30.7 Å². The Kier molecular flexibility index (Phi) is 7.08. The van der Waals surface area contributed by atoms with E-state index < -0.39 is 11.2 Å². The molecule has 1 amide bonds. The van der Waals surface area contributed by atoms with Crippen LogP contribution in [0, 0.1) is 6.92 Å². The number of amides is 1. The molecule has 0 radical (unpaired) electrons. The van der Waals surface area contributed by atoms with Crippen LogP contribution in [-0.4, -0.2) is 49.4 Å². The van der Waals surface area contributed by atoms with Gasteiger partial charge in [0.15, 0.2) is 0 Å². The summed E-state index contributed by atoms with van der Waals surface area (Å²) in [5, 5.41) is 8.23. The zero-order valence-electron chi connectivity index (χ0n) is 16.5. The Labute approximate surface area is 172 Å². The Hall–Kier alpha value is -2.62. The number of aromatic nitrogens is 4. The zero-order chi connectivity index (χ0) is 20.8. The van der Waals surface area contributed by atoms with E-state index >= 15 is 0 Å². The SMILES string of the molecule is C=CCn1c(=O)[nH]c(C)c(Cc2nnc(SCC(=O)N3CCCCCC3)o2)c1=O. The van der Waals surface area contributed by atoms with Crippen LogP contribution in [0.2, 0.25) is 0 Å². The molecule has 0 unspecified atom stereocenters. The number of nitrogens with one attached hydrogen (secondary N) is 1. The van der Waals surface area contributed by atoms with Crippen LogP contribution < -0.4 is 11.2 Å². The first-order valence-electron chi connectivity index (χ1n) is 9.66. The smallest absolute Gasteiger partial charge is 0.328 e. The predicted molar refractivity (Wildman–Crippen MR) is 109 cm³/mol. The van der Waals surface area contributed by atoms with Crippen molar-refractivity contribution in [3.05, 3.63) is 50.6 Å². The average Bonchev–Trinajstić information content (AvgIpc) is 2.96. The van der Waals surface area contributed by atoms with Crippen molar-refractivity contribution in [2.24, 2.45) is 0 Å². The fraction of sp³-hybridized carbons (Fsp3) is 0.526. The minimum absolute atomic E-state index is 0.0699. The number of hydrogen-bond acceptors (Lipinski definition) is 7. The van der Waals surface area contributed by atoms with Crippen molar-refractivity contribution in [1.82, 2.24) is 24.6 Å². The minimum Gasteiger partial charge on any atom is -0.416 e. The number of carbonyl (C=O) groups is 1. The lowest BCUT2D eigenvalue weighted by Crippen LogP contribution is -2.37. The highest BCUT2D eigenvalue weighted by molar-refractivity contribution is 7.99. The van der Waals surface area contributed by atoms with E-state index in [0.717, 1.165) is 30.5 Å². The number of allylic oxidation sites excluding steroid dienone is 1. The lowest BCUT2D eigenvalue weighted by Gasteiger charge is -2.19. The van der Waals surface area contributed by atoms with Crippen molar-refractivity contribution in [1.29, 1.82) is 0 Å². The summed E-state index contributed by atoms with van der Waals surface area (Å²) in [4.78, 5) is 41.4. The van der Waals surface area contributed by atoms with Crippen molar-refractivity contribution in [2.75, 3.05) is 18.8 Å². The number of carbonyl (C=O) groups excluding carboxylic acids is 1. The van der Waals surface area contributed by atoms with Gasteiger partial charge in [-0.1, -0.05) is 30.7 Å². The third-order valence-electron chi connectivity index (χ3n) is 4.86. The molecule has 0 aliphatic carbocycles. The molecule has 1 aliphatic heterocycles. The van der Waals surface area contributed by atoms with E-state index in [1.807, 2.05) is 4.90 Å². The first kappa shape index (κ1) is 21.1. The molecule has 1 fully saturated rings. The van der Waals surface area contributed by atoms with Crippen LogP contribution in [0.15, 0.2) is 31.9 Å². The number of thioether (sulfide) groups is 1. The molecule has 3 heterocycles. The van der Waals surface area contributed by atoms with Crippen LogP contribution in [0.25, 0.3) is 0 Å². The van der Waals surface area contributed by atoms with E-state index in [0.29, 0.717) is 11.3 Å². The number of likely N-dealkylation sites (tertiary alicyclic amines) is 1. The van der Waals surface area contributed by atoms with E-state index in [9.17, 15) is 14.4 Å². The molecule has 0 bridgehead atoms. The normalized spacial score (nSPS) is 14.6. The van der Waals surface area contributed by atoms with Crippen LogP contribution in [-0.2, 0) is 17.8 Å². The molecule has 0 saturated carbocycles. The minimum atomic E-state index is -0.482. The Morgan fingerprint density at radius 1 is 1.24 bits per heavy atom. The van der Waals surface area contributed by atoms with Crippen LogP contribution in [0.1, 0.15) is 42.8 Å². The van der Waals surface area contributed by atoms with Gasteiger partial charge in [0, 0.05) is 30.9 Å². The standard InChI is InChI=1S/C19H25N5O4S/c1-3-8-24-17(26)14(13(2)20-18(24)27)11-15-21-22-19(28-15)29-12-16(25)23-9-6-4-5-7-10-23/h3H,1,4-12H2,2H3,(H,20,27). The largest absolute Gasteiger partial charge is 0.416 e. The molecule has 0 atom stereocenters. The molecule has 9 nitrogen and oxygen atoms in total.